The van der Waals surface area contributed by atoms with Gasteiger partial charge >= 0.3 is 5.69 Å². The van der Waals surface area contributed by atoms with E-state index in [1.165, 1.54) is 41.5 Å². The first-order valence-corrected chi connectivity index (χ1v) is 8.25. The molecule has 1 heterocycles. The number of nitrogens with zero attached hydrogens (tertiary/aromatic N) is 2. The number of carbonyl (C=O) groups is 1. The van der Waals surface area contributed by atoms with Gasteiger partial charge in [0, 0.05) is 15.8 Å². The fraction of sp³-hybridized carbons (Fsp3) is 0.400. The van der Waals surface area contributed by atoms with Crippen molar-refractivity contribution >= 4 is 23.4 Å². The van der Waals surface area contributed by atoms with Crippen LogP contribution in [0.5, 0.6) is 0 Å². The summed E-state index contributed by atoms with van der Waals surface area (Å²) >= 11 is 1.91. The molecule has 2 N–H and O–H groups in total. The first kappa shape index (κ1) is 14.9. The van der Waals surface area contributed by atoms with E-state index in [1.54, 1.807) is 0 Å². The summed E-state index contributed by atoms with van der Waals surface area (Å²) in [6.07, 6.45) is 6.56. The van der Waals surface area contributed by atoms with Crippen LogP contribution in [0.4, 0.5) is 5.69 Å². The molecule has 0 atom stereocenters. The maximum Gasteiger partial charge on any atom is 0.343 e. The monoisotopic (exact) mass is 318 g/mol. The van der Waals surface area contributed by atoms with Gasteiger partial charge in [-0.2, -0.15) is 5.10 Å². The number of benzene rings is 1. The van der Waals surface area contributed by atoms with Crippen molar-refractivity contribution in [1.29, 1.82) is 0 Å². The van der Waals surface area contributed by atoms with E-state index >= 15 is 0 Å². The van der Waals surface area contributed by atoms with Gasteiger partial charge in [-0.3, -0.25) is 9.36 Å². The van der Waals surface area contributed by atoms with Crippen LogP contribution in [0.1, 0.15) is 25.7 Å². The predicted octanol–water partition coefficient (Wildman–Crippen LogP) is 2.24. The largest absolute Gasteiger partial charge is 0.343 e. The highest BCUT2D eigenvalue weighted by atomic mass is 32.2. The quantitative estimate of drug-likeness (QED) is 0.886. The van der Waals surface area contributed by atoms with Gasteiger partial charge in [-0.05, 0) is 37.1 Å². The van der Waals surface area contributed by atoms with Crippen LogP contribution in [0.25, 0.3) is 0 Å². The molecule has 0 saturated heterocycles. The first-order valence-electron chi connectivity index (χ1n) is 7.37. The number of aromatic amines is 1. The Morgan fingerprint density at radius 3 is 2.68 bits per heavy atom. The molecular formula is C15H18N4O2S. The minimum absolute atomic E-state index is 0.0477. The molecule has 0 aliphatic heterocycles. The molecule has 1 amide bonds. The Morgan fingerprint density at radius 2 is 2.05 bits per heavy atom. The molecule has 0 unspecified atom stereocenters. The molecule has 116 valence electrons. The first-order chi connectivity index (χ1) is 10.7. The van der Waals surface area contributed by atoms with Gasteiger partial charge in [0.1, 0.15) is 12.9 Å². The minimum Gasteiger partial charge on any atom is -0.325 e. The number of amides is 1. The maximum absolute atomic E-state index is 11.9. The average Bonchev–Trinajstić information content (AvgIpc) is 3.14. The van der Waals surface area contributed by atoms with Gasteiger partial charge < -0.3 is 5.32 Å². The van der Waals surface area contributed by atoms with Gasteiger partial charge in [-0.1, -0.05) is 12.8 Å². The fourth-order valence-electron chi connectivity index (χ4n) is 2.55. The fourth-order valence-corrected chi connectivity index (χ4v) is 3.80. The van der Waals surface area contributed by atoms with Crippen molar-refractivity contribution in [3.8, 4) is 0 Å². The normalized spacial score (nSPS) is 15.1. The van der Waals surface area contributed by atoms with Gasteiger partial charge in [0.15, 0.2) is 0 Å². The summed E-state index contributed by atoms with van der Waals surface area (Å²) < 4.78 is 1.22. The summed E-state index contributed by atoms with van der Waals surface area (Å²) in [5.74, 6) is -0.250. The molecule has 1 saturated carbocycles. The van der Waals surface area contributed by atoms with Crippen LogP contribution in [0, 0.1) is 0 Å². The van der Waals surface area contributed by atoms with Crippen molar-refractivity contribution in [1.82, 2.24) is 14.8 Å². The molecule has 3 rings (SSSR count). The molecule has 1 aliphatic rings. The molecular weight excluding hydrogens is 300 g/mol. The molecule has 0 radical (unpaired) electrons. The SMILES string of the molecule is O=C(Cn1cn[nH]c1=O)Nc1ccc(SC2CCCC2)cc1. The minimum atomic E-state index is -0.390. The maximum atomic E-state index is 11.9. The van der Waals surface area contributed by atoms with Crippen molar-refractivity contribution in [2.75, 3.05) is 5.32 Å². The number of hydrogen-bond donors (Lipinski definition) is 2. The van der Waals surface area contributed by atoms with Crippen molar-refractivity contribution in [2.45, 2.75) is 42.4 Å². The topological polar surface area (TPSA) is 79.8 Å². The molecule has 6 nitrogen and oxygen atoms in total. The highest BCUT2D eigenvalue weighted by Gasteiger charge is 2.16. The lowest BCUT2D eigenvalue weighted by molar-refractivity contribution is -0.116. The Balaban J connectivity index is 1.55. The number of aromatic nitrogens is 3. The zero-order valence-electron chi connectivity index (χ0n) is 12.1. The third-order valence-electron chi connectivity index (χ3n) is 3.68. The zero-order chi connectivity index (χ0) is 15.4. The molecule has 7 heteroatoms. The third-order valence-corrected chi connectivity index (χ3v) is 5.02. The summed E-state index contributed by atoms with van der Waals surface area (Å²) in [5.41, 5.74) is 0.343. The Labute approximate surface area is 132 Å². The standard InChI is InChI=1S/C15H18N4O2S/c20-14(9-19-10-16-18-15(19)21)17-11-5-7-13(8-6-11)22-12-3-1-2-4-12/h5-8,10,12H,1-4,9H2,(H,17,20)(H,18,21). The van der Waals surface area contributed by atoms with E-state index in [9.17, 15) is 9.59 Å². The number of nitrogens with one attached hydrogen (secondary N) is 2. The number of hydrogen-bond acceptors (Lipinski definition) is 4. The summed E-state index contributed by atoms with van der Waals surface area (Å²) in [7, 11) is 0. The second kappa shape index (κ2) is 6.83. The molecule has 1 fully saturated rings. The smallest absolute Gasteiger partial charge is 0.325 e. The van der Waals surface area contributed by atoms with E-state index < -0.39 is 5.69 Å². The van der Waals surface area contributed by atoms with Crippen molar-refractivity contribution in [2.24, 2.45) is 0 Å². The van der Waals surface area contributed by atoms with Crippen LogP contribution in [0.15, 0.2) is 40.3 Å². The summed E-state index contributed by atoms with van der Waals surface area (Å²) in [6.45, 7) is -0.0477. The second-order valence-corrected chi connectivity index (χ2v) is 6.76. The highest BCUT2D eigenvalue weighted by molar-refractivity contribution is 8.00. The lowest BCUT2D eigenvalue weighted by Gasteiger charge is -2.10. The molecule has 1 aliphatic carbocycles. The van der Waals surface area contributed by atoms with Crippen molar-refractivity contribution < 1.29 is 4.79 Å². The van der Waals surface area contributed by atoms with Crippen molar-refractivity contribution in [3.05, 3.63) is 41.1 Å². The van der Waals surface area contributed by atoms with Gasteiger partial charge in [-0.15, -0.1) is 11.8 Å². The average molecular weight is 318 g/mol. The van der Waals surface area contributed by atoms with Crippen LogP contribution in [0.2, 0.25) is 0 Å². The molecule has 0 bridgehead atoms. The van der Waals surface area contributed by atoms with Crippen LogP contribution >= 0.6 is 11.8 Å². The van der Waals surface area contributed by atoms with Crippen LogP contribution < -0.4 is 11.0 Å². The van der Waals surface area contributed by atoms with E-state index in [0.29, 0.717) is 0 Å². The van der Waals surface area contributed by atoms with E-state index in [0.717, 1.165) is 10.9 Å². The Kier molecular flexibility index (Phi) is 4.62. The highest BCUT2D eigenvalue weighted by Crippen LogP contribution is 2.34. The van der Waals surface area contributed by atoms with E-state index in [4.69, 9.17) is 0 Å². The van der Waals surface area contributed by atoms with Crippen molar-refractivity contribution in [3.63, 3.8) is 0 Å². The number of carbonyl (C=O) groups excluding carboxylic acids is 1. The van der Waals surface area contributed by atoms with E-state index in [1.807, 2.05) is 36.0 Å². The summed E-state index contributed by atoms with van der Waals surface area (Å²) in [6, 6.07) is 7.85. The molecule has 2 aromatic rings. The molecule has 1 aromatic heterocycles. The lowest BCUT2D eigenvalue weighted by atomic mass is 10.3. The van der Waals surface area contributed by atoms with Gasteiger partial charge in [0.05, 0.1) is 0 Å². The summed E-state index contributed by atoms with van der Waals surface area (Å²) in [5, 5.41) is 9.35. The number of thioether (sulfide) groups is 1. The van der Waals surface area contributed by atoms with Gasteiger partial charge in [-0.25, -0.2) is 9.89 Å². The number of H-pyrrole nitrogens is 1. The third kappa shape index (κ3) is 3.79. The predicted molar refractivity (Wildman–Crippen MR) is 86.0 cm³/mol. The van der Waals surface area contributed by atoms with Crippen LogP contribution in [0.3, 0.4) is 0 Å². The lowest BCUT2D eigenvalue weighted by Crippen LogP contribution is -2.25. The molecule has 0 spiro atoms. The second-order valence-electron chi connectivity index (χ2n) is 5.39. The molecule has 22 heavy (non-hydrogen) atoms. The van der Waals surface area contributed by atoms with E-state index in [2.05, 4.69) is 15.5 Å². The number of rotatable bonds is 5. The van der Waals surface area contributed by atoms with Gasteiger partial charge in [0.25, 0.3) is 0 Å². The Bertz CT molecular complexity index is 686. The van der Waals surface area contributed by atoms with Crippen LogP contribution in [-0.2, 0) is 11.3 Å². The van der Waals surface area contributed by atoms with Gasteiger partial charge in [0.2, 0.25) is 5.91 Å². The van der Waals surface area contributed by atoms with E-state index in [-0.39, 0.29) is 12.5 Å². The number of anilines is 1. The zero-order valence-corrected chi connectivity index (χ0v) is 12.9. The Hall–Kier alpha value is -2.02. The Morgan fingerprint density at radius 1 is 1.32 bits per heavy atom. The summed E-state index contributed by atoms with van der Waals surface area (Å²) in [4.78, 5) is 24.4. The molecule has 1 aromatic carbocycles. The van der Waals surface area contributed by atoms with Crippen LogP contribution in [-0.4, -0.2) is 25.9 Å².